The van der Waals surface area contributed by atoms with Gasteiger partial charge in [-0.3, -0.25) is 4.40 Å². The maximum absolute atomic E-state index is 5.27. The number of nitrogens with zero attached hydrogens (tertiary/aromatic N) is 3. The summed E-state index contributed by atoms with van der Waals surface area (Å²) < 4.78 is 4.79. The summed E-state index contributed by atoms with van der Waals surface area (Å²) in [6, 6.07) is 37.6. The van der Waals surface area contributed by atoms with Gasteiger partial charge < -0.3 is 4.57 Å². The smallest absolute Gasteiger partial charge is 0.146 e. The first-order valence-corrected chi connectivity index (χ1v) is 13.0. The molecule has 0 aliphatic heterocycles. The molecule has 0 atom stereocenters. The second kappa shape index (κ2) is 7.44. The number of hydrogen-bond acceptors (Lipinski definition) is 1. The molecule has 0 bridgehead atoms. The Balaban J connectivity index is 1.60. The van der Waals surface area contributed by atoms with Gasteiger partial charge in [0.15, 0.2) is 0 Å². The average Bonchev–Trinajstić information content (AvgIpc) is 3.45. The molecule has 3 nitrogen and oxygen atoms in total. The second-order valence-corrected chi connectivity index (χ2v) is 10.1. The number of benzene rings is 5. The summed E-state index contributed by atoms with van der Waals surface area (Å²) in [5, 5.41) is 7.45. The minimum Gasteiger partial charge on any atom is -0.341 e. The molecule has 3 heteroatoms. The molecule has 0 spiro atoms. The second-order valence-electron chi connectivity index (χ2n) is 10.1. The van der Waals surface area contributed by atoms with E-state index in [1.165, 1.54) is 54.5 Å². The Hall–Kier alpha value is -4.63. The molecule has 0 saturated carbocycles. The van der Waals surface area contributed by atoms with Crippen LogP contribution in [0.5, 0.6) is 0 Å². The zero-order chi connectivity index (χ0) is 24.7. The molecular formula is C34H25N3. The van der Waals surface area contributed by atoms with Crippen molar-refractivity contribution < 1.29 is 0 Å². The summed E-state index contributed by atoms with van der Waals surface area (Å²) >= 11 is 0. The average molecular weight is 476 g/mol. The summed E-state index contributed by atoms with van der Waals surface area (Å²) in [5.74, 6) is 0. The molecule has 0 unspecified atom stereocenters. The lowest BCUT2D eigenvalue weighted by atomic mass is 10.0. The number of imidazole rings is 1. The standard InChI is InChI=1S/C34H25N3/c1-3-36-30-14-13-21(2)15-27(30)28-20-26-25(19-32(28)36)18-31(22-9-5-4-6-10-22)37-33-17-24-12-8-7-11-23(24)16-29(33)35-34(26)37/h4-20H,3H2,1-2H3. The highest BCUT2D eigenvalue weighted by molar-refractivity contribution is 6.16. The molecule has 8 aromatic rings. The largest absolute Gasteiger partial charge is 0.341 e. The molecular weight excluding hydrogens is 450 g/mol. The number of hydrogen-bond donors (Lipinski definition) is 0. The van der Waals surface area contributed by atoms with Crippen LogP contribution in [0.15, 0.2) is 103 Å². The van der Waals surface area contributed by atoms with E-state index in [1.54, 1.807) is 0 Å². The fraction of sp³-hybridized carbons (Fsp3) is 0.0882. The predicted molar refractivity (Wildman–Crippen MR) is 157 cm³/mol. The van der Waals surface area contributed by atoms with E-state index in [4.69, 9.17) is 4.98 Å². The van der Waals surface area contributed by atoms with E-state index in [1.807, 2.05) is 0 Å². The first kappa shape index (κ1) is 20.6. The van der Waals surface area contributed by atoms with Crippen molar-refractivity contribution in [3.05, 3.63) is 109 Å². The van der Waals surface area contributed by atoms with Crippen LogP contribution in [-0.2, 0) is 6.54 Å². The lowest BCUT2D eigenvalue weighted by Crippen LogP contribution is -1.95. The molecule has 0 aliphatic carbocycles. The summed E-state index contributed by atoms with van der Waals surface area (Å²) in [6.45, 7) is 5.33. The molecule has 0 fully saturated rings. The van der Waals surface area contributed by atoms with Crippen molar-refractivity contribution in [2.75, 3.05) is 0 Å². The van der Waals surface area contributed by atoms with Crippen LogP contribution in [0.1, 0.15) is 12.5 Å². The van der Waals surface area contributed by atoms with Crippen LogP contribution in [0, 0.1) is 6.92 Å². The Labute approximate surface area is 214 Å². The maximum atomic E-state index is 5.27. The number of rotatable bonds is 2. The summed E-state index contributed by atoms with van der Waals surface area (Å²) in [6.07, 6.45) is 0. The van der Waals surface area contributed by atoms with Crippen LogP contribution in [0.4, 0.5) is 0 Å². The Bertz CT molecular complexity index is 2180. The van der Waals surface area contributed by atoms with Crippen molar-refractivity contribution in [2.24, 2.45) is 0 Å². The quantitative estimate of drug-likeness (QED) is 0.245. The fourth-order valence-electron chi connectivity index (χ4n) is 6.15. The van der Waals surface area contributed by atoms with Crippen LogP contribution in [0.2, 0.25) is 0 Å². The van der Waals surface area contributed by atoms with Gasteiger partial charge in [0.05, 0.1) is 16.7 Å². The molecule has 0 radical (unpaired) electrons. The number of aryl methyl sites for hydroxylation is 2. The molecule has 0 aliphatic rings. The van der Waals surface area contributed by atoms with Crippen LogP contribution < -0.4 is 0 Å². The van der Waals surface area contributed by atoms with Crippen LogP contribution >= 0.6 is 0 Å². The molecule has 0 amide bonds. The lowest BCUT2D eigenvalue weighted by molar-refractivity contribution is 0.827. The first-order valence-electron chi connectivity index (χ1n) is 13.0. The normalized spacial score (nSPS) is 12.2. The summed E-state index contributed by atoms with van der Waals surface area (Å²) in [4.78, 5) is 5.27. The summed E-state index contributed by atoms with van der Waals surface area (Å²) in [7, 11) is 0. The zero-order valence-electron chi connectivity index (χ0n) is 20.9. The Morgan fingerprint density at radius 1 is 0.622 bits per heavy atom. The maximum Gasteiger partial charge on any atom is 0.146 e. The third-order valence-electron chi connectivity index (χ3n) is 7.87. The van der Waals surface area contributed by atoms with Crippen molar-refractivity contribution >= 4 is 60.0 Å². The van der Waals surface area contributed by atoms with E-state index in [2.05, 4.69) is 126 Å². The topological polar surface area (TPSA) is 22.2 Å². The Kier molecular flexibility index (Phi) is 4.13. The molecule has 5 aromatic carbocycles. The van der Waals surface area contributed by atoms with Gasteiger partial charge in [-0.05, 0) is 78.0 Å². The molecule has 0 saturated heterocycles. The van der Waals surface area contributed by atoms with Gasteiger partial charge in [0.2, 0.25) is 0 Å². The van der Waals surface area contributed by atoms with E-state index in [9.17, 15) is 0 Å². The van der Waals surface area contributed by atoms with Gasteiger partial charge in [-0.15, -0.1) is 0 Å². The highest BCUT2D eigenvalue weighted by Crippen LogP contribution is 2.38. The molecule has 37 heavy (non-hydrogen) atoms. The fourth-order valence-corrected chi connectivity index (χ4v) is 6.15. The molecule has 3 aromatic heterocycles. The van der Waals surface area contributed by atoms with Gasteiger partial charge in [-0.2, -0.15) is 0 Å². The molecule has 176 valence electrons. The van der Waals surface area contributed by atoms with Crippen LogP contribution in [0.25, 0.3) is 71.3 Å². The number of aromatic nitrogens is 3. The van der Waals surface area contributed by atoms with E-state index < -0.39 is 0 Å². The third-order valence-corrected chi connectivity index (χ3v) is 7.87. The highest BCUT2D eigenvalue weighted by atomic mass is 15.0. The van der Waals surface area contributed by atoms with Crippen molar-refractivity contribution in [3.8, 4) is 11.3 Å². The van der Waals surface area contributed by atoms with Gasteiger partial charge >= 0.3 is 0 Å². The van der Waals surface area contributed by atoms with Crippen LogP contribution in [0.3, 0.4) is 0 Å². The lowest BCUT2D eigenvalue weighted by Gasteiger charge is -2.11. The zero-order valence-corrected chi connectivity index (χ0v) is 20.9. The van der Waals surface area contributed by atoms with E-state index in [0.717, 1.165) is 28.9 Å². The minimum absolute atomic E-state index is 0.933. The van der Waals surface area contributed by atoms with Crippen molar-refractivity contribution in [2.45, 2.75) is 20.4 Å². The van der Waals surface area contributed by atoms with E-state index >= 15 is 0 Å². The Morgan fingerprint density at radius 3 is 2.16 bits per heavy atom. The SMILES string of the molecule is CCn1c2ccc(C)cc2c2cc3c(cc(-c4ccccc4)n4c5cc6ccccc6cc5nc34)cc21. The third kappa shape index (κ3) is 2.85. The first-order chi connectivity index (χ1) is 18.2. The molecule has 0 N–H and O–H groups in total. The molecule has 8 rings (SSSR count). The van der Waals surface area contributed by atoms with Gasteiger partial charge in [0, 0.05) is 33.7 Å². The predicted octanol–water partition coefficient (Wildman–Crippen LogP) is 8.90. The minimum atomic E-state index is 0.933. The van der Waals surface area contributed by atoms with E-state index in [0.29, 0.717) is 0 Å². The van der Waals surface area contributed by atoms with Gasteiger partial charge in [-0.25, -0.2) is 4.98 Å². The van der Waals surface area contributed by atoms with Gasteiger partial charge in [0.25, 0.3) is 0 Å². The number of fused-ring (bicyclic) bond motifs is 9. The van der Waals surface area contributed by atoms with Crippen molar-refractivity contribution in [1.82, 2.24) is 14.0 Å². The monoisotopic (exact) mass is 475 g/mol. The highest BCUT2D eigenvalue weighted by Gasteiger charge is 2.18. The van der Waals surface area contributed by atoms with Crippen molar-refractivity contribution in [3.63, 3.8) is 0 Å². The number of pyridine rings is 1. The van der Waals surface area contributed by atoms with Crippen LogP contribution in [-0.4, -0.2) is 14.0 Å². The Morgan fingerprint density at radius 2 is 1.35 bits per heavy atom. The van der Waals surface area contributed by atoms with Gasteiger partial charge in [0.1, 0.15) is 5.65 Å². The van der Waals surface area contributed by atoms with Crippen molar-refractivity contribution in [1.29, 1.82) is 0 Å². The summed E-state index contributed by atoms with van der Waals surface area (Å²) in [5.41, 5.74) is 9.37. The van der Waals surface area contributed by atoms with Gasteiger partial charge in [-0.1, -0.05) is 66.2 Å². The van der Waals surface area contributed by atoms with E-state index in [-0.39, 0.29) is 0 Å². The molecule has 3 heterocycles.